The number of nitrogens with one attached hydrogen (secondary N) is 1. The number of likely N-dealkylation sites (N-methyl/N-ethyl adjacent to an activating group) is 1. The summed E-state index contributed by atoms with van der Waals surface area (Å²) in [6.07, 6.45) is 3.32. The smallest absolute Gasteiger partial charge is 0.273 e. The predicted molar refractivity (Wildman–Crippen MR) is 61.8 cm³/mol. The number of aromatic nitrogens is 1. The highest BCUT2D eigenvalue weighted by Gasteiger charge is 2.29. The molecule has 0 unspecified atom stereocenters. The molecule has 2 fully saturated rings. The van der Waals surface area contributed by atoms with Crippen LogP contribution in [0.4, 0.5) is 0 Å². The molecule has 1 amide bonds. The second kappa shape index (κ2) is 4.14. The maximum Gasteiger partial charge on any atom is 0.273 e. The molecule has 1 saturated heterocycles. The number of hydrogen-bond acceptors (Lipinski definition) is 4. The molecule has 0 radical (unpaired) electrons. The fourth-order valence-electron chi connectivity index (χ4n) is 2.27. The molecule has 0 bridgehead atoms. The summed E-state index contributed by atoms with van der Waals surface area (Å²) in [6, 6.07) is 2.03. The Kier molecular flexibility index (Phi) is 2.63. The average molecular weight is 235 g/mol. The van der Waals surface area contributed by atoms with Gasteiger partial charge >= 0.3 is 0 Å². The van der Waals surface area contributed by atoms with Gasteiger partial charge in [0.25, 0.3) is 5.91 Å². The zero-order chi connectivity index (χ0) is 11.8. The zero-order valence-corrected chi connectivity index (χ0v) is 9.98. The minimum absolute atomic E-state index is 0.110. The van der Waals surface area contributed by atoms with Gasteiger partial charge < -0.3 is 14.7 Å². The lowest BCUT2D eigenvalue weighted by Gasteiger charge is -2.11. The first-order valence-corrected chi connectivity index (χ1v) is 6.18. The molecule has 1 aromatic rings. The van der Waals surface area contributed by atoms with Gasteiger partial charge in [0.05, 0.1) is 0 Å². The Hall–Kier alpha value is -1.36. The van der Waals surface area contributed by atoms with Crippen molar-refractivity contribution in [2.24, 2.45) is 0 Å². The average Bonchev–Trinajstić information content (AvgIpc) is 2.88. The van der Waals surface area contributed by atoms with Crippen molar-refractivity contribution in [3.05, 3.63) is 17.5 Å². The molecular formula is C12H17N3O2. The number of hydrogen-bond donors (Lipinski definition) is 1. The third kappa shape index (κ3) is 2.34. The third-order valence-corrected chi connectivity index (χ3v) is 3.47. The lowest BCUT2D eigenvalue weighted by Crippen LogP contribution is -2.36. The summed E-state index contributed by atoms with van der Waals surface area (Å²) < 4.78 is 5.17. The van der Waals surface area contributed by atoms with Crippen LogP contribution in [0.15, 0.2) is 10.6 Å². The van der Waals surface area contributed by atoms with Crippen molar-refractivity contribution in [3.63, 3.8) is 0 Å². The minimum atomic E-state index is -0.110. The number of amides is 1. The lowest BCUT2D eigenvalue weighted by molar-refractivity contribution is 0.0929. The highest BCUT2D eigenvalue weighted by molar-refractivity contribution is 5.92. The maximum atomic E-state index is 11.9. The van der Waals surface area contributed by atoms with E-state index in [1.807, 2.05) is 0 Å². The molecule has 92 valence electrons. The summed E-state index contributed by atoms with van der Waals surface area (Å²) in [5.74, 6) is 1.25. The summed E-state index contributed by atoms with van der Waals surface area (Å²) in [4.78, 5) is 14.1. The summed E-state index contributed by atoms with van der Waals surface area (Å²) in [6.45, 7) is 1.95. The van der Waals surface area contributed by atoms with Crippen LogP contribution in [-0.4, -0.2) is 42.1 Å². The van der Waals surface area contributed by atoms with E-state index in [9.17, 15) is 4.79 Å². The van der Waals surface area contributed by atoms with Crippen LogP contribution in [0.1, 0.15) is 41.4 Å². The van der Waals surface area contributed by atoms with Crippen LogP contribution in [0, 0.1) is 0 Å². The second-order valence-corrected chi connectivity index (χ2v) is 5.11. The number of likely N-dealkylation sites (tertiary alicyclic amines) is 1. The monoisotopic (exact) mass is 235 g/mol. The molecule has 1 atom stereocenters. The van der Waals surface area contributed by atoms with Crippen molar-refractivity contribution in [1.82, 2.24) is 15.4 Å². The molecule has 1 aliphatic heterocycles. The lowest BCUT2D eigenvalue weighted by atomic mass is 10.2. The first kappa shape index (κ1) is 10.8. The van der Waals surface area contributed by atoms with Crippen molar-refractivity contribution in [3.8, 4) is 0 Å². The zero-order valence-electron chi connectivity index (χ0n) is 9.98. The summed E-state index contributed by atoms with van der Waals surface area (Å²) >= 11 is 0. The molecule has 3 rings (SSSR count). The van der Waals surface area contributed by atoms with Crippen LogP contribution in [0.5, 0.6) is 0 Å². The Labute approximate surface area is 100 Å². The van der Waals surface area contributed by atoms with Gasteiger partial charge in [0, 0.05) is 24.6 Å². The molecule has 1 aliphatic carbocycles. The fraction of sp³-hybridized carbons (Fsp3) is 0.667. The Morgan fingerprint density at radius 3 is 3.00 bits per heavy atom. The molecule has 1 saturated carbocycles. The van der Waals surface area contributed by atoms with E-state index in [4.69, 9.17) is 4.52 Å². The topological polar surface area (TPSA) is 58.4 Å². The third-order valence-electron chi connectivity index (χ3n) is 3.47. The number of carbonyl (C=O) groups excluding carboxylic acids is 1. The summed E-state index contributed by atoms with van der Waals surface area (Å²) in [5.41, 5.74) is 0.418. The van der Waals surface area contributed by atoms with Gasteiger partial charge in [-0.15, -0.1) is 0 Å². The largest absolute Gasteiger partial charge is 0.360 e. The molecule has 0 spiro atoms. The Morgan fingerprint density at radius 1 is 1.53 bits per heavy atom. The maximum absolute atomic E-state index is 11.9. The second-order valence-electron chi connectivity index (χ2n) is 5.11. The highest BCUT2D eigenvalue weighted by atomic mass is 16.5. The molecular weight excluding hydrogens is 218 g/mol. The van der Waals surface area contributed by atoms with Gasteiger partial charge in [-0.05, 0) is 32.9 Å². The molecule has 5 nitrogen and oxygen atoms in total. The van der Waals surface area contributed by atoms with Crippen LogP contribution in [0.3, 0.4) is 0 Å². The summed E-state index contributed by atoms with van der Waals surface area (Å²) in [5, 5.41) is 6.83. The van der Waals surface area contributed by atoms with Gasteiger partial charge in [-0.25, -0.2) is 0 Å². The van der Waals surface area contributed by atoms with E-state index >= 15 is 0 Å². The van der Waals surface area contributed by atoms with Gasteiger partial charge in [0.1, 0.15) is 5.76 Å². The number of rotatable bonds is 3. The van der Waals surface area contributed by atoms with Crippen molar-refractivity contribution < 1.29 is 9.32 Å². The molecule has 2 heterocycles. The highest BCUT2D eigenvalue weighted by Crippen LogP contribution is 2.40. The quantitative estimate of drug-likeness (QED) is 0.848. The van der Waals surface area contributed by atoms with Gasteiger partial charge in [-0.1, -0.05) is 5.16 Å². The van der Waals surface area contributed by atoms with Crippen molar-refractivity contribution >= 4 is 5.91 Å². The molecule has 1 aromatic heterocycles. The van der Waals surface area contributed by atoms with Crippen molar-refractivity contribution in [1.29, 1.82) is 0 Å². The minimum Gasteiger partial charge on any atom is -0.360 e. The van der Waals surface area contributed by atoms with Gasteiger partial charge in [-0.2, -0.15) is 0 Å². The van der Waals surface area contributed by atoms with Crippen LogP contribution in [0.25, 0.3) is 0 Å². The van der Waals surface area contributed by atoms with Crippen molar-refractivity contribution in [2.75, 3.05) is 20.1 Å². The van der Waals surface area contributed by atoms with Crippen LogP contribution in [-0.2, 0) is 0 Å². The van der Waals surface area contributed by atoms with Gasteiger partial charge in [0.2, 0.25) is 0 Å². The van der Waals surface area contributed by atoms with E-state index in [2.05, 4.69) is 22.4 Å². The fourth-order valence-corrected chi connectivity index (χ4v) is 2.27. The number of carbonyl (C=O) groups is 1. The Bertz CT molecular complexity index is 425. The summed E-state index contributed by atoms with van der Waals surface area (Å²) in [7, 11) is 2.06. The number of nitrogens with zero attached hydrogens (tertiary/aromatic N) is 2. The Morgan fingerprint density at radius 2 is 2.35 bits per heavy atom. The molecule has 2 aliphatic rings. The first-order chi connectivity index (χ1) is 8.22. The molecule has 5 heteroatoms. The van der Waals surface area contributed by atoms with Gasteiger partial charge in [0.15, 0.2) is 5.69 Å². The van der Waals surface area contributed by atoms with E-state index in [1.54, 1.807) is 6.07 Å². The van der Waals surface area contributed by atoms with Crippen LogP contribution in [0.2, 0.25) is 0 Å². The molecule has 1 N–H and O–H groups in total. The Balaban J connectivity index is 1.60. The van der Waals surface area contributed by atoms with Crippen LogP contribution >= 0.6 is 0 Å². The standard InChI is InChI=1S/C12H17N3O2/c1-15-5-4-9(7-15)13-12(16)10-6-11(17-14-10)8-2-3-8/h6,8-9H,2-5,7H2,1H3,(H,13,16)/t9-/m1/s1. The molecule has 17 heavy (non-hydrogen) atoms. The molecule has 0 aromatic carbocycles. The van der Waals surface area contributed by atoms with E-state index in [-0.39, 0.29) is 11.9 Å². The normalized spacial score (nSPS) is 25.1. The predicted octanol–water partition coefficient (Wildman–Crippen LogP) is 0.986. The SMILES string of the molecule is CN1CC[C@@H](NC(=O)c2cc(C3CC3)on2)C1. The van der Waals surface area contributed by atoms with E-state index in [1.165, 1.54) is 0 Å². The van der Waals surface area contributed by atoms with E-state index < -0.39 is 0 Å². The van der Waals surface area contributed by atoms with E-state index in [0.29, 0.717) is 11.6 Å². The van der Waals surface area contributed by atoms with Crippen molar-refractivity contribution in [2.45, 2.75) is 31.2 Å². The van der Waals surface area contributed by atoms with E-state index in [0.717, 1.165) is 38.1 Å². The van der Waals surface area contributed by atoms with Gasteiger partial charge in [-0.3, -0.25) is 4.79 Å². The first-order valence-electron chi connectivity index (χ1n) is 6.18. The van der Waals surface area contributed by atoms with Crippen LogP contribution < -0.4 is 5.32 Å².